The van der Waals surface area contributed by atoms with Gasteiger partial charge in [0.25, 0.3) is 11.6 Å². The molecule has 1 N–H and O–H groups in total. The zero-order chi connectivity index (χ0) is 23.4. The van der Waals surface area contributed by atoms with E-state index < -0.39 is 23.4 Å². The molecule has 1 saturated heterocycles. The molecule has 1 aliphatic rings. The Hall–Kier alpha value is -2.91. The van der Waals surface area contributed by atoms with Crippen molar-refractivity contribution in [1.29, 1.82) is 0 Å². The lowest BCUT2D eigenvalue weighted by Gasteiger charge is -2.36. The van der Waals surface area contributed by atoms with Gasteiger partial charge < -0.3 is 15.0 Å². The molecule has 1 amide bonds. The lowest BCUT2D eigenvalue weighted by molar-refractivity contribution is -0.384. The highest BCUT2D eigenvalue weighted by Crippen LogP contribution is 2.34. The van der Waals surface area contributed by atoms with E-state index in [4.69, 9.17) is 27.9 Å². The van der Waals surface area contributed by atoms with Crippen molar-refractivity contribution in [3.8, 4) is 0 Å². The largest absolute Gasteiger partial charge is 0.452 e. The van der Waals surface area contributed by atoms with E-state index in [9.17, 15) is 19.7 Å². The minimum Gasteiger partial charge on any atom is -0.452 e. The summed E-state index contributed by atoms with van der Waals surface area (Å²) in [5.41, 5.74) is 0.266. The van der Waals surface area contributed by atoms with Crippen molar-refractivity contribution in [3.63, 3.8) is 0 Å². The number of rotatable bonds is 6. The molecule has 170 valence electrons. The summed E-state index contributed by atoms with van der Waals surface area (Å²) in [6, 6.07) is 5.60. The molecular formula is C21H22Cl2N4O5. The molecule has 2 aromatic rings. The third-order valence-corrected chi connectivity index (χ3v) is 5.51. The minimum atomic E-state index is -0.856. The molecule has 0 radical (unpaired) electrons. The molecule has 1 aromatic heterocycles. The highest BCUT2D eigenvalue weighted by Gasteiger charge is 2.28. The number of hydrogen-bond acceptors (Lipinski definition) is 7. The molecule has 2 atom stereocenters. The predicted octanol–water partition coefficient (Wildman–Crippen LogP) is 4.57. The van der Waals surface area contributed by atoms with Crippen LogP contribution in [-0.4, -0.2) is 41.5 Å². The number of nitrogens with zero attached hydrogens (tertiary/aromatic N) is 3. The zero-order valence-corrected chi connectivity index (χ0v) is 19.0. The van der Waals surface area contributed by atoms with E-state index in [-0.39, 0.29) is 22.1 Å². The average Bonchev–Trinajstić information content (AvgIpc) is 2.73. The number of carbonyl (C=O) groups excluding carboxylic acids is 2. The number of pyridine rings is 1. The topological polar surface area (TPSA) is 115 Å². The van der Waals surface area contributed by atoms with Crippen LogP contribution in [0.4, 0.5) is 17.2 Å². The molecule has 3 rings (SSSR count). The van der Waals surface area contributed by atoms with Gasteiger partial charge in [-0.2, -0.15) is 0 Å². The molecule has 0 aliphatic carbocycles. The Morgan fingerprint density at radius 3 is 2.56 bits per heavy atom. The minimum absolute atomic E-state index is 0.0194. The molecule has 11 heteroatoms. The molecule has 32 heavy (non-hydrogen) atoms. The molecule has 9 nitrogen and oxygen atoms in total. The lowest BCUT2D eigenvalue weighted by atomic mass is 9.91. The average molecular weight is 481 g/mol. The standard InChI is InChI=1S/C21H22Cl2N4O5/c1-12-5-13(2)10-26(9-12)17-4-3-14(6-18(17)27(30)31)21(29)32-11-19(28)25-20-16(23)7-15(22)8-24-20/h3-4,6-8,12-13H,5,9-11H2,1-2H3,(H,24,25,28)/t12-,13+. The zero-order valence-electron chi connectivity index (χ0n) is 17.5. The molecule has 1 aromatic carbocycles. The van der Waals surface area contributed by atoms with Crippen LogP contribution in [0.5, 0.6) is 0 Å². The van der Waals surface area contributed by atoms with Crippen molar-refractivity contribution < 1.29 is 19.2 Å². The van der Waals surface area contributed by atoms with Crippen LogP contribution in [0.3, 0.4) is 0 Å². The van der Waals surface area contributed by atoms with E-state index in [2.05, 4.69) is 24.1 Å². The van der Waals surface area contributed by atoms with Crippen LogP contribution in [0, 0.1) is 22.0 Å². The van der Waals surface area contributed by atoms with Gasteiger partial charge in [-0.1, -0.05) is 37.0 Å². The number of hydrogen-bond donors (Lipinski definition) is 1. The number of nitro groups is 1. The van der Waals surface area contributed by atoms with Crippen molar-refractivity contribution in [3.05, 3.63) is 56.2 Å². The van der Waals surface area contributed by atoms with Crippen molar-refractivity contribution in [2.45, 2.75) is 20.3 Å². The number of esters is 1. The highest BCUT2D eigenvalue weighted by molar-refractivity contribution is 6.36. The number of carbonyl (C=O) groups is 2. The summed E-state index contributed by atoms with van der Waals surface area (Å²) >= 11 is 11.7. The van der Waals surface area contributed by atoms with Crippen LogP contribution >= 0.6 is 23.2 Å². The van der Waals surface area contributed by atoms with Gasteiger partial charge in [0.15, 0.2) is 12.4 Å². The molecule has 1 aliphatic heterocycles. The maximum Gasteiger partial charge on any atom is 0.338 e. The fourth-order valence-corrected chi connectivity index (χ4v) is 4.24. The molecule has 0 bridgehead atoms. The highest BCUT2D eigenvalue weighted by atomic mass is 35.5. The number of piperidine rings is 1. The van der Waals surface area contributed by atoms with Crippen LogP contribution in [0.15, 0.2) is 30.5 Å². The van der Waals surface area contributed by atoms with E-state index in [1.807, 2.05) is 4.90 Å². The van der Waals surface area contributed by atoms with Gasteiger partial charge in [0.1, 0.15) is 5.69 Å². The quantitative estimate of drug-likeness (QED) is 0.365. The number of benzene rings is 1. The van der Waals surface area contributed by atoms with Gasteiger partial charge in [-0.15, -0.1) is 0 Å². The number of ether oxygens (including phenoxy) is 1. The second-order valence-electron chi connectivity index (χ2n) is 7.92. The van der Waals surface area contributed by atoms with Gasteiger partial charge in [0.05, 0.1) is 20.5 Å². The van der Waals surface area contributed by atoms with E-state index in [0.717, 1.165) is 6.42 Å². The van der Waals surface area contributed by atoms with Crippen LogP contribution in [0.1, 0.15) is 30.6 Å². The summed E-state index contributed by atoms with van der Waals surface area (Å²) in [6.45, 7) is 5.01. The predicted molar refractivity (Wildman–Crippen MR) is 121 cm³/mol. The summed E-state index contributed by atoms with van der Waals surface area (Å²) < 4.78 is 5.00. The Bertz CT molecular complexity index is 1040. The summed E-state index contributed by atoms with van der Waals surface area (Å²) in [5.74, 6) is -0.639. The first-order chi connectivity index (χ1) is 15.1. The Morgan fingerprint density at radius 2 is 1.94 bits per heavy atom. The van der Waals surface area contributed by atoms with Gasteiger partial charge in [-0.05, 0) is 36.5 Å². The second-order valence-corrected chi connectivity index (χ2v) is 8.76. The SMILES string of the molecule is C[C@@H]1C[C@H](C)CN(c2ccc(C(=O)OCC(=O)Nc3ncc(Cl)cc3Cl)cc2[N+](=O)[O-])C1. The van der Waals surface area contributed by atoms with Gasteiger partial charge in [-0.25, -0.2) is 9.78 Å². The monoisotopic (exact) mass is 480 g/mol. The third kappa shape index (κ3) is 5.86. The Labute approximate surface area is 194 Å². The van der Waals surface area contributed by atoms with Crippen molar-refractivity contribution in [2.24, 2.45) is 11.8 Å². The van der Waals surface area contributed by atoms with Gasteiger partial charge >= 0.3 is 5.97 Å². The molecule has 0 spiro atoms. The van der Waals surface area contributed by atoms with Gasteiger partial charge in [0.2, 0.25) is 0 Å². The first-order valence-electron chi connectivity index (χ1n) is 9.95. The van der Waals surface area contributed by atoms with E-state index in [1.54, 1.807) is 6.07 Å². The Balaban J connectivity index is 1.68. The lowest BCUT2D eigenvalue weighted by Crippen LogP contribution is -2.39. The molecule has 2 heterocycles. The Kier molecular flexibility index (Phi) is 7.52. The smallest absolute Gasteiger partial charge is 0.338 e. The summed E-state index contributed by atoms with van der Waals surface area (Å²) in [6.07, 6.45) is 2.37. The van der Waals surface area contributed by atoms with Gasteiger partial charge in [0, 0.05) is 25.4 Å². The van der Waals surface area contributed by atoms with Crippen LogP contribution in [0.2, 0.25) is 10.0 Å². The third-order valence-electron chi connectivity index (χ3n) is 5.02. The summed E-state index contributed by atoms with van der Waals surface area (Å²) in [4.78, 5) is 41.4. The van der Waals surface area contributed by atoms with Crippen LogP contribution in [0.25, 0.3) is 0 Å². The van der Waals surface area contributed by atoms with E-state index >= 15 is 0 Å². The second kappa shape index (κ2) is 10.1. The normalized spacial score (nSPS) is 18.2. The number of halogens is 2. The van der Waals surface area contributed by atoms with E-state index in [1.165, 1.54) is 24.4 Å². The van der Waals surface area contributed by atoms with Gasteiger partial charge in [-0.3, -0.25) is 14.9 Å². The molecule has 0 saturated carbocycles. The van der Waals surface area contributed by atoms with E-state index in [0.29, 0.717) is 35.6 Å². The first kappa shape index (κ1) is 23.7. The maximum absolute atomic E-state index is 12.4. The number of nitrogens with one attached hydrogen (secondary N) is 1. The van der Waals surface area contributed by atoms with Crippen LogP contribution < -0.4 is 10.2 Å². The van der Waals surface area contributed by atoms with Crippen molar-refractivity contribution >= 4 is 52.3 Å². The number of amides is 1. The van der Waals surface area contributed by atoms with Crippen LogP contribution in [-0.2, 0) is 9.53 Å². The number of nitro benzene ring substituents is 1. The maximum atomic E-state index is 12.4. The molecule has 1 fully saturated rings. The number of aromatic nitrogens is 1. The van der Waals surface area contributed by atoms with Crippen molar-refractivity contribution in [2.75, 3.05) is 29.9 Å². The molecule has 0 unspecified atom stereocenters. The first-order valence-corrected chi connectivity index (χ1v) is 10.7. The molecular weight excluding hydrogens is 459 g/mol. The fourth-order valence-electron chi connectivity index (χ4n) is 3.81. The van der Waals surface area contributed by atoms with Crippen molar-refractivity contribution in [1.82, 2.24) is 4.98 Å². The Morgan fingerprint density at radius 1 is 1.25 bits per heavy atom. The summed E-state index contributed by atoms with van der Waals surface area (Å²) in [5, 5.41) is 14.5. The fraction of sp³-hybridized carbons (Fsp3) is 0.381. The summed E-state index contributed by atoms with van der Waals surface area (Å²) in [7, 11) is 0. The number of anilines is 2.